The summed E-state index contributed by atoms with van der Waals surface area (Å²) in [7, 11) is 0. The highest BCUT2D eigenvalue weighted by atomic mass is 35.5. The molecule has 1 atom stereocenters. The second-order valence-electron chi connectivity index (χ2n) is 4.93. The van der Waals surface area contributed by atoms with Crippen LogP contribution in [0, 0.1) is 6.92 Å². The Kier molecular flexibility index (Phi) is 6.49. The Morgan fingerprint density at radius 1 is 1.18 bits per heavy atom. The quantitative estimate of drug-likeness (QED) is 0.757. The first-order valence-electron chi connectivity index (χ1n) is 6.78. The molecular weight excluding hydrogens is 323 g/mol. The van der Waals surface area contributed by atoms with Gasteiger partial charge in [-0.1, -0.05) is 12.1 Å². The topological polar surface area (TPSA) is 95.1 Å². The lowest BCUT2D eigenvalue weighted by molar-refractivity contribution is 0.606. The van der Waals surface area contributed by atoms with Crippen LogP contribution >= 0.6 is 24.8 Å². The highest BCUT2D eigenvalue weighted by Crippen LogP contribution is 2.23. The second kappa shape index (κ2) is 7.69. The van der Waals surface area contributed by atoms with Crippen LogP contribution in [-0.4, -0.2) is 26.1 Å². The zero-order valence-electron chi connectivity index (χ0n) is 12.3. The molecule has 3 rings (SSSR count). The molecule has 3 aromatic rings. The Labute approximate surface area is 141 Å². The van der Waals surface area contributed by atoms with E-state index < -0.39 is 0 Å². The second-order valence-corrected chi connectivity index (χ2v) is 4.93. The van der Waals surface area contributed by atoms with Crippen LogP contribution in [0.2, 0.25) is 0 Å². The number of benzene rings is 1. The van der Waals surface area contributed by atoms with Crippen LogP contribution in [0.25, 0.3) is 16.7 Å². The summed E-state index contributed by atoms with van der Waals surface area (Å²) >= 11 is 0. The molecule has 0 fully saturated rings. The van der Waals surface area contributed by atoms with Crippen LogP contribution in [0.3, 0.4) is 0 Å². The number of rotatable bonds is 4. The van der Waals surface area contributed by atoms with E-state index in [0.29, 0.717) is 6.54 Å². The van der Waals surface area contributed by atoms with Gasteiger partial charge in [-0.15, -0.1) is 35.0 Å². The molecule has 0 aliphatic carbocycles. The molecule has 4 N–H and O–H groups in total. The fourth-order valence-electron chi connectivity index (χ4n) is 2.47. The number of aryl methyl sites for hydroxylation is 1. The van der Waals surface area contributed by atoms with Crippen LogP contribution in [0.5, 0.6) is 0 Å². The van der Waals surface area contributed by atoms with E-state index in [-0.39, 0.29) is 30.9 Å². The molecule has 8 heteroatoms. The number of hydrogen-bond donors (Lipinski definition) is 2. The molecule has 0 saturated heterocycles. The summed E-state index contributed by atoms with van der Waals surface area (Å²) in [5.41, 5.74) is 15.2. The minimum Gasteiger partial charge on any atom is -0.330 e. The highest BCUT2D eigenvalue weighted by Gasteiger charge is 2.17. The molecule has 6 nitrogen and oxygen atoms in total. The molecule has 0 aliphatic heterocycles. The average molecular weight is 343 g/mol. The molecule has 0 radical (unpaired) electrons. The van der Waals surface area contributed by atoms with Crippen molar-refractivity contribution in [2.24, 2.45) is 11.5 Å². The smallest absolute Gasteiger partial charge is 0.184 e. The highest BCUT2D eigenvalue weighted by molar-refractivity contribution is 5.85. The maximum Gasteiger partial charge on any atom is 0.184 e. The maximum atomic E-state index is 6.25. The number of aromatic nitrogens is 4. The van der Waals surface area contributed by atoms with Gasteiger partial charge in [-0.3, -0.25) is 4.40 Å². The van der Waals surface area contributed by atoms with Crippen LogP contribution in [-0.2, 0) is 0 Å². The fraction of sp³-hybridized carbons (Fsp3) is 0.357. The number of halogens is 2. The van der Waals surface area contributed by atoms with E-state index in [1.54, 1.807) is 0 Å². The monoisotopic (exact) mass is 342 g/mol. The molecule has 1 aromatic carbocycles. The summed E-state index contributed by atoms with van der Waals surface area (Å²) in [4.78, 5) is 4.68. The van der Waals surface area contributed by atoms with Crippen molar-refractivity contribution in [1.29, 1.82) is 0 Å². The van der Waals surface area contributed by atoms with Gasteiger partial charge in [0.2, 0.25) is 0 Å². The molecule has 120 valence electrons. The van der Waals surface area contributed by atoms with Crippen molar-refractivity contribution in [2.75, 3.05) is 6.54 Å². The molecule has 22 heavy (non-hydrogen) atoms. The fourth-order valence-corrected chi connectivity index (χ4v) is 2.47. The predicted octanol–water partition coefficient (Wildman–Crippen LogP) is 2.17. The molecule has 0 bridgehead atoms. The average Bonchev–Trinajstić information content (AvgIpc) is 2.86. The zero-order chi connectivity index (χ0) is 14.1. The van der Waals surface area contributed by atoms with E-state index in [1.807, 2.05) is 35.6 Å². The van der Waals surface area contributed by atoms with E-state index in [9.17, 15) is 0 Å². The summed E-state index contributed by atoms with van der Waals surface area (Å²) in [5, 5.41) is 8.40. The van der Waals surface area contributed by atoms with Gasteiger partial charge in [0.25, 0.3) is 0 Å². The van der Waals surface area contributed by atoms with Gasteiger partial charge in [0, 0.05) is 0 Å². The summed E-state index contributed by atoms with van der Waals surface area (Å²) in [5.74, 6) is 0.839. The minimum absolute atomic E-state index is 0. The third-order valence-corrected chi connectivity index (χ3v) is 3.49. The van der Waals surface area contributed by atoms with Gasteiger partial charge in [0.05, 0.1) is 17.1 Å². The number of fused-ring (bicyclic) bond motifs is 3. The Morgan fingerprint density at radius 3 is 2.64 bits per heavy atom. The SMILES string of the molecule is Cc1nnc2c(C(N)CCCN)nc3ccccc3n12.Cl.Cl. The van der Waals surface area contributed by atoms with Gasteiger partial charge >= 0.3 is 0 Å². The van der Waals surface area contributed by atoms with Gasteiger partial charge < -0.3 is 11.5 Å². The first-order valence-corrected chi connectivity index (χ1v) is 6.78. The number of nitrogens with two attached hydrogens (primary N) is 2. The van der Waals surface area contributed by atoms with Crippen molar-refractivity contribution >= 4 is 41.5 Å². The Hall–Kier alpha value is -1.47. The molecule has 1 unspecified atom stereocenters. The Morgan fingerprint density at radius 2 is 1.91 bits per heavy atom. The van der Waals surface area contributed by atoms with Gasteiger partial charge in [0.15, 0.2) is 5.65 Å². The van der Waals surface area contributed by atoms with Crippen molar-refractivity contribution in [3.05, 3.63) is 35.8 Å². The molecule has 0 saturated carbocycles. The van der Waals surface area contributed by atoms with E-state index in [1.165, 1.54) is 0 Å². The number of para-hydroxylation sites is 2. The van der Waals surface area contributed by atoms with Crippen LogP contribution in [0.15, 0.2) is 24.3 Å². The normalized spacial score (nSPS) is 12.0. The predicted molar refractivity (Wildman–Crippen MR) is 92.7 cm³/mol. The molecule has 0 amide bonds. The molecule has 0 spiro atoms. The standard InChI is InChI=1S/C14H18N6.2ClH/c1-9-18-19-14-13(10(16)5-4-8-15)17-11-6-2-3-7-12(11)20(9)14;;/h2-3,6-7,10H,4-5,8,15-16H2,1H3;2*1H. The maximum absolute atomic E-state index is 6.25. The lowest BCUT2D eigenvalue weighted by Crippen LogP contribution is -2.16. The van der Waals surface area contributed by atoms with E-state index >= 15 is 0 Å². The summed E-state index contributed by atoms with van der Waals surface area (Å²) in [6, 6.07) is 7.77. The van der Waals surface area contributed by atoms with Crippen LogP contribution in [0.1, 0.15) is 30.4 Å². The molecule has 2 heterocycles. The lowest BCUT2D eigenvalue weighted by atomic mass is 10.1. The summed E-state index contributed by atoms with van der Waals surface area (Å²) in [6.45, 7) is 2.56. The number of nitrogens with zero attached hydrogens (tertiary/aromatic N) is 4. The van der Waals surface area contributed by atoms with E-state index in [2.05, 4.69) is 15.2 Å². The molecule has 2 aromatic heterocycles. The Balaban J connectivity index is 0.00000121. The van der Waals surface area contributed by atoms with Gasteiger partial charge in [0.1, 0.15) is 11.5 Å². The van der Waals surface area contributed by atoms with Crippen molar-refractivity contribution in [2.45, 2.75) is 25.8 Å². The van der Waals surface area contributed by atoms with Crippen LogP contribution in [0.4, 0.5) is 0 Å². The minimum atomic E-state index is -0.172. The lowest BCUT2D eigenvalue weighted by Gasteiger charge is -2.13. The Bertz CT molecular complexity index is 758. The summed E-state index contributed by atoms with van der Waals surface area (Å²) < 4.78 is 2.01. The first kappa shape index (κ1) is 18.6. The number of hydrogen-bond acceptors (Lipinski definition) is 5. The summed E-state index contributed by atoms with van der Waals surface area (Å²) in [6.07, 6.45) is 1.67. The van der Waals surface area contributed by atoms with Crippen molar-refractivity contribution in [3.63, 3.8) is 0 Å². The van der Waals surface area contributed by atoms with E-state index in [0.717, 1.165) is 41.0 Å². The third kappa shape index (κ3) is 3.15. The van der Waals surface area contributed by atoms with Crippen molar-refractivity contribution in [3.8, 4) is 0 Å². The van der Waals surface area contributed by atoms with Crippen LogP contribution < -0.4 is 11.5 Å². The van der Waals surface area contributed by atoms with Crippen molar-refractivity contribution < 1.29 is 0 Å². The molecular formula is C14H20Cl2N6. The van der Waals surface area contributed by atoms with Gasteiger partial charge in [-0.25, -0.2) is 4.98 Å². The zero-order valence-corrected chi connectivity index (χ0v) is 13.9. The molecule has 0 aliphatic rings. The van der Waals surface area contributed by atoms with Gasteiger partial charge in [-0.2, -0.15) is 0 Å². The largest absolute Gasteiger partial charge is 0.330 e. The first-order chi connectivity index (χ1) is 9.72. The van der Waals surface area contributed by atoms with Crippen molar-refractivity contribution in [1.82, 2.24) is 19.6 Å². The van der Waals surface area contributed by atoms with E-state index in [4.69, 9.17) is 11.5 Å². The van der Waals surface area contributed by atoms with Gasteiger partial charge in [-0.05, 0) is 38.4 Å². The third-order valence-electron chi connectivity index (χ3n) is 3.49.